The molecule has 0 aliphatic heterocycles. The van der Waals surface area contributed by atoms with E-state index in [0.29, 0.717) is 0 Å². The number of hydrogen-bond donors (Lipinski definition) is 0. The SMILES string of the molecule is C=C1c2ccccc2-c2ccc3c(c21)c1c2oc4ccccc4c2ccc1n3-c1ccccc1. The quantitative estimate of drug-likeness (QED) is 0.253. The summed E-state index contributed by atoms with van der Waals surface area (Å²) in [6, 6.07) is 36.4. The summed E-state index contributed by atoms with van der Waals surface area (Å²) in [5, 5.41) is 4.66. The minimum absolute atomic E-state index is 0.917. The van der Waals surface area contributed by atoms with Crippen LogP contribution in [0.2, 0.25) is 0 Å². The summed E-state index contributed by atoms with van der Waals surface area (Å²) in [5.74, 6) is 0. The van der Waals surface area contributed by atoms with E-state index in [1.165, 1.54) is 33.2 Å². The van der Waals surface area contributed by atoms with E-state index in [0.717, 1.165) is 44.1 Å². The zero-order chi connectivity index (χ0) is 22.4. The van der Waals surface area contributed by atoms with Crippen LogP contribution in [0.15, 0.2) is 114 Å². The minimum Gasteiger partial charge on any atom is -0.455 e. The largest absolute Gasteiger partial charge is 0.455 e. The number of fused-ring (bicyclic) bond motifs is 11. The first kappa shape index (κ1) is 17.9. The highest BCUT2D eigenvalue weighted by atomic mass is 16.3. The normalized spacial score (nSPS) is 12.8. The van der Waals surface area contributed by atoms with E-state index < -0.39 is 0 Å². The second kappa shape index (κ2) is 6.27. The molecule has 0 saturated carbocycles. The molecule has 2 heteroatoms. The van der Waals surface area contributed by atoms with Gasteiger partial charge in [-0.15, -0.1) is 0 Å². The lowest BCUT2D eigenvalue weighted by Crippen LogP contribution is -1.93. The van der Waals surface area contributed by atoms with Crippen LogP contribution in [-0.4, -0.2) is 4.57 Å². The molecule has 2 aromatic heterocycles. The molecule has 0 saturated heterocycles. The van der Waals surface area contributed by atoms with Gasteiger partial charge in [-0.1, -0.05) is 73.3 Å². The van der Waals surface area contributed by atoms with Gasteiger partial charge in [-0.2, -0.15) is 0 Å². The van der Waals surface area contributed by atoms with Crippen molar-refractivity contribution in [2.45, 2.75) is 0 Å². The highest BCUT2D eigenvalue weighted by molar-refractivity contribution is 6.28. The molecule has 34 heavy (non-hydrogen) atoms. The molecule has 0 unspecified atom stereocenters. The number of hydrogen-bond acceptors (Lipinski definition) is 1. The lowest BCUT2D eigenvalue weighted by atomic mass is 9.98. The Morgan fingerprint density at radius 3 is 2.15 bits per heavy atom. The van der Waals surface area contributed by atoms with Gasteiger partial charge in [0.1, 0.15) is 11.2 Å². The van der Waals surface area contributed by atoms with Gasteiger partial charge in [0, 0.05) is 21.8 Å². The fourth-order valence-corrected chi connectivity index (χ4v) is 5.88. The molecule has 1 aliphatic rings. The predicted molar refractivity (Wildman–Crippen MR) is 142 cm³/mol. The second-order valence-electron chi connectivity index (χ2n) is 9.01. The first-order valence-electron chi connectivity index (χ1n) is 11.6. The molecule has 5 aromatic carbocycles. The Kier molecular flexibility index (Phi) is 3.31. The van der Waals surface area contributed by atoms with E-state index in [9.17, 15) is 0 Å². The Balaban J connectivity index is 1.65. The molecule has 0 N–H and O–H groups in total. The minimum atomic E-state index is 0.917. The van der Waals surface area contributed by atoms with Crippen molar-refractivity contribution in [3.05, 3.63) is 121 Å². The zero-order valence-electron chi connectivity index (χ0n) is 18.4. The third-order valence-corrected chi connectivity index (χ3v) is 7.30. The van der Waals surface area contributed by atoms with Crippen LogP contribution in [0.1, 0.15) is 11.1 Å². The molecule has 2 heterocycles. The smallest absolute Gasteiger partial charge is 0.145 e. The third-order valence-electron chi connectivity index (χ3n) is 7.30. The van der Waals surface area contributed by atoms with Crippen molar-refractivity contribution in [3.8, 4) is 16.8 Å². The van der Waals surface area contributed by atoms with E-state index in [1.807, 2.05) is 6.07 Å². The Morgan fingerprint density at radius 2 is 1.26 bits per heavy atom. The van der Waals surface area contributed by atoms with Gasteiger partial charge in [-0.05, 0) is 64.2 Å². The standard InChI is InChI=1S/C32H19NO/c1-19-21-11-5-6-12-22(21)24-15-17-26-30(29(19)24)31-27(33(26)20-9-3-2-4-10-20)18-16-25-23-13-7-8-14-28(23)34-32(25)31/h2-18H,1H2. The summed E-state index contributed by atoms with van der Waals surface area (Å²) in [6.07, 6.45) is 0. The van der Waals surface area contributed by atoms with Crippen molar-refractivity contribution in [2.24, 2.45) is 0 Å². The molecule has 158 valence electrons. The topological polar surface area (TPSA) is 18.1 Å². The molecular formula is C32H19NO. The summed E-state index contributed by atoms with van der Waals surface area (Å²) in [5.41, 5.74) is 11.3. The van der Waals surface area contributed by atoms with E-state index >= 15 is 0 Å². The third kappa shape index (κ3) is 2.11. The van der Waals surface area contributed by atoms with Crippen molar-refractivity contribution in [2.75, 3.05) is 0 Å². The first-order chi connectivity index (χ1) is 16.8. The van der Waals surface area contributed by atoms with Crippen LogP contribution in [0.25, 0.3) is 66.1 Å². The molecule has 0 fully saturated rings. The molecule has 0 bridgehead atoms. The molecule has 0 atom stereocenters. The first-order valence-corrected chi connectivity index (χ1v) is 11.6. The fourth-order valence-electron chi connectivity index (χ4n) is 5.88. The van der Waals surface area contributed by atoms with E-state index in [-0.39, 0.29) is 0 Å². The van der Waals surface area contributed by atoms with E-state index in [2.05, 4.69) is 108 Å². The Bertz CT molecular complexity index is 1970. The van der Waals surface area contributed by atoms with Crippen LogP contribution in [-0.2, 0) is 0 Å². The van der Waals surface area contributed by atoms with Crippen LogP contribution in [0.5, 0.6) is 0 Å². The highest BCUT2D eigenvalue weighted by Crippen LogP contribution is 2.50. The van der Waals surface area contributed by atoms with Crippen molar-refractivity contribution < 1.29 is 4.42 Å². The van der Waals surface area contributed by atoms with Gasteiger partial charge >= 0.3 is 0 Å². The summed E-state index contributed by atoms with van der Waals surface area (Å²) in [6.45, 7) is 4.56. The van der Waals surface area contributed by atoms with E-state index in [4.69, 9.17) is 4.42 Å². The Labute approximate surface area is 196 Å². The number of nitrogens with zero attached hydrogens (tertiary/aromatic N) is 1. The van der Waals surface area contributed by atoms with Gasteiger partial charge in [0.15, 0.2) is 0 Å². The van der Waals surface area contributed by atoms with Gasteiger partial charge in [0.2, 0.25) is 0 Å². The lowest BCUT2D eigenvalue weighted by molar-refractivity contribution is 0.673. The summed E-state index contributed by atoms with van der Waals surface area (Å²) >= 11 is 0. The maximum absolute atomic E-state index is 6.55. The molecule has 7 aromatic rings. The molecular weight excluding hydrogens is 414 g/mol. The van der Waals surface area contributed by atoms with Gasteiger partial charge in [0.25, 0.3) is 0 Å². The molecule has 0 spiro atoms. The maximum Gasteiger partial charge on any atom is 0.145 e. The lowest BCUT2D eigenvalue weighted by Gasteiger charge is -2.08. The number of benzene rings is 5. The predicted octanol–water partition coefficient (Wildman–Crippen LogP) is 8.72. The van der Waals surface area contributed by atoms with Crippen LogP contribution >= 0.6 is 0 Å². The second-order valence-corrected chi connectivity index (χ2v) is 9.01. The monoisotopic (exact) mass is 433 g/mol. The Hall–Kier alpha value is -4.56. The highest BCUT2D eigenvalue weighted by Gasteiger charge is 2.28. The van der Waals surface area contributed by atoms with Gasteiger partial charge in [-0.25, -0.2) is 0 Å². The fraction of sp³-hybridized carbons (Fsp3) is 0. The van der Waals surface area contributed by atoms with Crippen molar-refractivity contribution in [3.63, 3.8) is 0 Å². The zero-order valence-corrected chi connectivity index (χ0v) is 18.4. The summed E-state index contributed by atoms with van der Waals surface area (Å²) in [4.78, 5) is 0. The maximum atomic E-state index is 6.55. The van der Waals surface area contributed by atoms with Crippen molar-refractivity contribution in [1.29, 1.82) is 0 Å². The number of rotatable bonds is 1. The summed E-state index contributed by atoms with van der Waals surface area (Å²) in [7, 11) is 0. The van der Waals surface area contributed by atoms with Crippen LogP contribution in [0, 0.1) is 0 Å². The van der Waals surface area contributed by atoms with Crippen molar-refractivity contribution in [1.82, 2.24) is 4.57 Å². The number of aromatic nitrogens is 1. The van der Waals surface area contributed by atoms with E-state index in [1.54, 1.807) is 0 Å². The van der Waals surface area contributed by atoms with Crippen LogP contribution in [0.3, 0.4) is 0 Å². The molecule has 1 aliphatic carbocycles. The van der Waals surface area contributed by atoms with Gasteiger partial charge in [-0.3, -0.25) is 0 Å². The average Bonchev–Trinajstić information content (AvgIpc) is 3.52. The molecule has 8 rings (SSSR count). The number of furan rings is 1. The van der Waals surface area contributed by atoms with Crippen LogP contribution < -0.4 is 0 Å². The Morgan fingerprint density at radius 1 is 0.559 bits per heavy atom. The molecule has 2 nitrogen and oxygen atoms in total. The molecule has 0 amide bonds. The summed E-state index contributed by atoms with van der Waals surface area (Å²) < 4.78 is 8.91. The van der Waals surface area contributed by atoms with Crippen LogP contribution in [0.4, 0.5) is 0 Å². The molecule has 0 radical (unpaired) electrons. The average molecular weight is 434 g/mol. The van der Waals surface area contributed by atoms with Gasteiger partial charge in [0.05, 0.1) is 16.4 Å². The number of para-hydroxylation sites is 2. The van der Waals surface area contributed by atoms with Gasteiger partial charge < -0.3 is 8.98 Å². The van der Waals surface area contributed by atoms with Crippen molar-refractivity contribution >= 4 is 49.3 Å².